The molecule has 3 aromatic rings. The lowest BCUT2D eigenvalue weighted by Gasteiger charge is -2.27. The van der Waals surface area contributed by atoms with Crippen LogP contribution in [0.4, 0.5) is 5.69 Å². The average molecular weight is 297 g/mol. The molecule has 110 valence electrons. The molecular weight excluding hydrogens is 282 g/mol. The van der Waals surface area contributed by atoms with E-state index in [-0.39, 0.29) is 12.0 Å². The Morgan fingerprint density at radius 1 is 0.696 bits per heavy atom. The van der Waals surface area contributed by atoms with Crippen LogP contribution in [0.15, 0.2) is 83.9 Å². The number of hydrogen-bond acceptors (Lipinski definition) is 2. The van der Waals surface area contributed by atoms with Crippen LogP contribution in [0.2, 0.25) is 0 Å². The summed E-state index contributed by atoms with van der Waals surface area (Å²) in [4.78, 5) is 4.99. The molecule has 0 aromatic heterocycles. The van der Waals surface area contributed by atoms with E-state index in [1.54, 1.807) is 0 Å². The summed E-state index contributed by atoms with van der Waals surface area (Å²) < 4.78 is 6.31. The van der Waals surface area contributed by atoms with Crippen molar-refractivity contribution in [3.63, 3.8) is 0 Å². The minimum absolute atomic E-state index is 0.0105. The average Bonchev–Trinajstić information content (AvgIpc) is 3.02. The highest BCUT2D eigenvalue weighted by atomic mass is 16.5. The topological polar surface area (TPSA) is 21.6 Å². The standard InChI is InChI=1S/C21H15NO/c1-2-8-14(9-3-1)20-19-16-11-5-7-13-18(16)23-21(19)15-10-4-6-12-17(15)22-20/h1-13,19,21H. The molecule has 0 N–H and O–H groups in total. The second-order valence-electron chi connectivity index (χ2n) is 5.98. The maximum atomic E-state index is 6.31. The maximum Gasteiger partial charge on any atom is 0.138 e. The molecule has 2 heteroatoms. The second kappa shape index (κ2) is 4.82. The van der Waals surface area contributed by atoms with Crippen molar-refractivity contribution in [1.82, 2.24) is 0 Å². The minimum atomic E-state index is 0.0105. The molecule has 23 heavy (non-hydrogen) atoms. The van der Waals surface area contributed by atoms with Crippen LogP contribution in [-0.4, -0.2) is 5.71 Å². The summed E-state index contributed by atoms with van der Waals surface area (Å²) in [6, 6.07) is 27.0. The first kappa shape index (κ1) is 12.7. The van der Waals surface area contributed by atoms with Crippen LogP contribution in [-0.2, 0) is 0 Å². The Kier molecular flexibility index (Phi) is 2.65. The molecule has 0 aliphatic carbocycles. The predicted octanol–water partition coefficient (Wildman–Crippen LogP) is 5.04. The quantitative estimate of drug-likeness (QED) is 0.616. The third kappa shape index (κ3) is 1.85. The van der Waals surface area contributed by atoms with Gasteiger partial charge in [0.25, 0.3) is 0 Å². The molecule has 0 amide bonds. The SMILES string of the molecule is c1ccc(C2=Nc3ccccc3C3Oc4ccccc4C23)cc1. The van der Waals surface area contributed by atoms with Gasteiger partial charge < -0.3 is 4.74 Å². The number of ether oxygens (including phenoxy) is 1. The van der Waals surface area contributed by atoms with E-state index in [1.165, 1.54) is 11.1 Å². The summed E-state index contributed by atoms with van der Waals surface area (Å²) in [5, 5.41) is 0. The van der Waals surface area contributed by atoms with Crippen molar-refractivity contribution in [2.24, 2.45) is 4.99 Å². The molecule has 2 aliphatic heterocycles. The van der Waals surface area contributed by atoms with Crippen molar-refractivity contribution in [1.29, 1.82) is 0 Å². The van der Waals surface area contributed by atoms with Gasteiger partial charge >= 0.3 is 0 Å². The van der Waals surface area contributed by atoms with Crippen LogP contribution in [0, 0.1) is 0 Å². The predicted molar refractivity (Wildman–Crippen MR) is 91.6 cm³/mol. The van der Waals surface area contributed by atoms with E-state index in [9.17, 15) is 0 Å². The molecule has 2 aliphatic rings. The van der Waals surface area contributed by atoms with Crippen LogP contribution >= 0.6 is 0 Å². The molecule has 2 heterocycles. The van der Waals surface area contributed by atoms with Crippen LogP contribution in [0.25, 0.3) is 0 Å². The smallest absolute Gasteiger partial charge is 0.138 e. The molecule has 0 saturated heterocycles. The summed E-state index contributed by atoms with van der Waals surface area (Å²) in [6.07, 6.45) is 0.0105. The Balaban J connectivity index is 1.77. The molecule has 5 rings (SSSR count). The maximum absolute atomic E-state index is 6.31. The second-order valence-corrected chi connectivity index (χ2v) is 5.98. The van der Waals surface area contributed by atoms with E-state index in [1.807, 2.05) is 18.2 Å². The molecule has 0 spiro atoms. The normalized spacial score (nSPS) is 20.8. The largest absolute Gasteiger partial charge is 0.484 e. The van der Waals surface area contributed by atoms with Crippen LogP contribution in [0.1, 0.15) is 28.7 Å². The first-order valence-electron chi connectivity index (χ1n) is 7.90. The zero-order valence-electron chi connectivity index (χ0n) is 12.5. The van der Waals surface area contributed by atoms with Crippen molar-refractivity contribution < 1.29 is 4.74 Å². The van der Waals surface area contributed by atoms with Crippen LogP contribution in [0.3, 0.4) is 0 Å². The molecule has 0 radical (unpaired) electrons. The summed E-state index contributed by atoms with van der Waals surface area (Å²) in [6.45, 7) is 0. The van der Waals surface area contributed by atoms with Gasteiger partial charge in [0.1, 0.15) is 11.9 Å². The van der Waals surface area contributed by atoms with Gasteiger partial charge in [-0.15, -0.1) is 0 Å². The van der Waals surface area contributed by atoms with Gasteiger partial charge in [0.15, 0.2) is 0 Å². The Morgan fingerprint density at radius 3 is 2.26 bits per heavy atom. The van der Waals surface area contributed by atoms with Gasteiger partial charge in [-0.2, -0.15) is 0 Å². The summed E-state index contributed by atoms with van der Waals surface area (Å²) in [5.74, 6) is 1.13. The zero-order valence-corrected chi connectivity index (χ0v) is 12.5. The highest BCUT2D eigenvalue weighted by molar-refractivity contribution is 6.09. The molecule has 2 unspecified atom stereocenters. The highest BCUT2D eigenvalue weighted by Crippen LogP contribution is 2.52. The fourth-order valence-corrected chi connectivity index (χ4v) is 3.63. The Labute approximate surface area is 135 Å². The Morgan fingerprint density at radius 2 is 1.39 bits per heavy atom. The van der Waals surface area contributed by atoms with Gasteiger partial charge in [-0.3, -0.25) is 4.99 Å². The number of aliphatic imine (C=N–C) groups is 1. The lowest BCUT2D eigenvalue weighted by Crippen LogP contribution is -2.23. The van der Waals surface area contributed by atoms with Gasteiger partial charge in [0.05, 0.1) is 17.3 Å². The molecule has 0 fully saturated rings. The third-order valence-corrected chi connectivity index (χ3v) is 4.66. The van der Waals surface area contributed by atoms with Crippen LogP contribution in [0.5, 0.6) is 5.75 Å². The lowest BCUT2D eigenvalue weighted by atomic mass is 9.81. The summed E-state index contributed by atoms with van der Waals surface area (Å²) in [7, 11) is 0. The number of benzene rings is 3. The van der Waals surface area contributed by atoms with E-state index >= 15 is 0 Å². The van der Waals surface area contributed by atoms with Crippen molar-refractivity contribution in [2.75, 3.05) is 0 Å². The van der Waals surface area contributed by atoms with Crippen LogP contribution < -0.4 is 4.74 Å². The molecule has 0 bridgehead atoms. The van der Waals surface area contributed by atoms with Crippen molar-refractivity contribution in [3.8, 4) is 5.75 Å². The van der Waals surface area contributed by atoms with E-state index in [0.717, 1.165) is 22.7 Å². The van der Waals surface area contributed by atoms with E-state index < -0.39 is 0 Å². The van der Waals surface area contributed by atoms with Gasteiger partial charge in [0.2, 0.25) is 0 Å². The first-order valence-corrected chi connectivity index (χ1v) is 7.90. The van der Waals surface area contributed by atoms with Crippen molar-refractivity contribution in [3.05, 3.63) is 95.6 Å². The third-order valence-electron chi connectivity index (χ3n) is 4.66. The molecule has 0 saturated carbocycles. The monoisotopic (exact) mass is 297 g/mol. The first-order chi connectivity index (χ1) is 11.4. The number of hydrogen-bond donors (Lipinski definition) is 0. The number of nitrogens with zero attached hydrogens (tertiary/aromatic N) is 1. The van der Waals surface area contributed by atoms with Gasteiger partial charge in [-0.05, 0) is 17.7 Å². The molecule has 2 nitrogen and oxygen atoms in total. The molecular formula is C21H15NO. The molecule has 2 atom stereocenters. The summed E-state index contributed by atoms with van der Waals surface area (Å²) in [5.41, 5.74) is 5.68. The lowest BCUT2D eigenvalue weighted by molar-refractivity contribution is 0.229. The summed E-state index contributed by atoms with van der Waals surface area (Å²) >= 11 is 0. The van der Waals surface area contributed by atoms with E-state index in [4.69, 9.17) is 9.73 Å². The van der Waals surface area contributed by atoms with Crippen molar-refractivity contribution in [2.45, 2.75) is 12.0 Å². The zero-order chi connectivity index (χ0) is 15.2. The number of para-hydroxylation sites is 2. The van der Waals surface area contributed by atoms with Crippen molar-refractivity contribution >= 4 is 11.4 Å². The van der Waals surface area contributed by atoms with Gasteiger partial charge in [-0.25, -0.2) is 0 Å². The highest BCUT2D eigenvalue weighted by Gasteiger charge is 2.42. The number of fused-ring (bicyclic) bond motifs is 5. The Hall–Kier alpha value is -2.87. The fourth-order valence-electron chi connectivity index (χ4n) is 3.63. The van der Waals surface area contributed by atoms with Gasteiger partial charge in [0, 0.05) is 11.1 Å². The van der Waals surface area contributed by atoms with E-state index in [0.29, 0.717) is 0 Å². The van der Waals surface area contributed by atoms with Gasteiger partial charge in [-0.1, -0.05) is 66.7 Å². The minimum Gasteiger partial charge on any atom is -0.484 e. The molecule has 3 aromatic carbocycles. The number of rotatable bonds is 1. The fraction of sp³-hybridized carbons (Fsp3) is 0.0952. The van der Waals surface area contributed by atoms with E-state index in [2.05, 4.69) is 60.7 Å². The Bertz CT molecular complexity index is 914.